The lowest BCUT2D eigenvalue weighted by atomic mass is 10.2. The summed E-state index contributed by atoms with van der Waals surface area (Å²) in [5.41, 5.74) is 1.21. The van der Waals surface area contributed by atoms with Crippen molar-refractivity contribution in [3.8, 4) is 0 Å². The lowest BCUT2D eigenvalue weighted by Gasteiger charge is -2.34. The van der Waals surface area contributed by atoms with E-state index in [1.54, 1.807) is 0 Å². The van der Waals surface area contributed by atoms with Crippen LogP contribution in [0, 0.1) is 0 Å². The van der Waals surface area contributed by atoms with Gasteiger partial charge in [0.1, 0.15) is 0 Å². The molecule has 0 radical (unpaired) electrons. The van der Waals surface area contributed by atoms with Crippen LogP contribution < -0.4 is 0 Å². The Morgan fingerprint density at radius 1 is 1.06 bits per heavy atom. The van der Waals surface area contributed by atoms with Gasteiger partial charge in [-0.3, -0.25) is 4.90 Å². The third-order valence-electron chi connectivity index (χ3n) is 3.45. The quantitative estimate of drug-likeness (QED) is 0.883. The molecule has 1 aromatic rings. The van der Waals surface area contributed by atoms with Gasteiger partial charge >= 0.3 is 0 Å². The fourth-order valence-electron chi connectivity index (χ4n) is 2.33. The molecule has 1 aliphatic heterocycles. The van der Waals surface area contributed by atoms with E-state index in [0.717, 1.165) is 50.7 Å². The van der Waals surface area contributed by atoms with Crippen LogP contribution in [0.4, 0.5) is 0 Å². The van der Waals surface area contributed by atoms with Crippen LogP contribution in [0.15, 0.2) is 24.3 Å². The summed E-state index contributed by atoms with van der Waals surface area (Å²) in [5, 5.41) is 9.68. The number of aliphatic hydroxyl groups excluding tert-OH is 1. The zero-order chi connectivity index (χ0) is 12.8. The van der Waals surface area contributed by atoms with Crippen molar-refractivity contribution in [2.24, 2.45) is 0 Å². The molecule has 18 heavy (non-hydrogen) atoms. The van der Waals surface area contributed by atoms with Gasteiger partial charge in [-0.1, -0.05) is 29.8 Å². The predicted molar refractivity (Wildman–Crippen MR) is 74.9 cm³/mol. The maximum Gasteiger partial charge on any atom is 0.0451 e. The number of piperazine rings is 1. The number of rotatable bonds is 5. The van der Waals surface area contributed by atoms with Crippen LogP contribution in [0.5, 0.6) is 0 Å². The standard InChI is InChI=1S/C14H21ClN2O/c15-14-5-2-1-4-13(14)12-17-9-7-16(8-10-17)6-3-11-18/h1-2,4-5,18H,3,6-12H2. The van der Waals surface area contributed by atoms with Crippen molar-refractivity contribution in [2.45, 2.75) is 13.0 Å². The van der Waals surface area contributed by atoms with Crippen molar-refractivity contribution in [1.29, 1.82) is 0 Å². The van der Waals surface area contributed by atoms with Crippen molar-refractivity contribution in [3.05, 3.63) is 34.9 Å². The number of hydrogen-bond acceptors (Lipinski definition) is 3. The second kappa shape index (κ2) is 7.10. The zero-order valence-corrected chi connectivity index (χ0v) is 11.4. The van der Waals surface area contributed by atoms with Gasteiger partial charge in [0, 0.05) is 50.9 Å². The number of aliphatic hydroxyl groups is 1. The molecular formula is C14H21ClN2O. The van der Waals surface area contributed by atoms with E-state index >= 15 is 0 Å². The van der Waals surface area contributed by atoms with Gasteiger partial charge in [-0.2, -0.15) is 0 Å². The van der Waals surface area contributed by atoms with Crippen molar-refractivity contribution >= 4 is 11.6 Å². The molecule has 1 N–H and O–H groups in total. The first-order valence-electron chi connectivity index (χ1n) is 6.58. The van der Waals surface area contributed by atoms with E-state index < -0.39 is 0 Å². The average molecular weight is 269 g/mol. The van der Waals surface area contributed by atoms with Crippen molar-refractivity contribution in [1.82, 2.24) is 9.80 Å². The molecule has 0 bridgehead atoms. The Balaban J connectivity index is 1.78. The fraction of sp³-hybridized carbons (Fsp3) is 0.571. The van der Waals surface area contributed by atoms with E-state index in [2.05, 4.69) is 15.9 Å². The molecule has 0 aromatic heterocycles. The SMILES string of the molecule is OCCCN1CCN(Cc2ccccc2Cl)CC1. The maximum atomic E-state index is 8.82. The molecule has 0 spiro atoms. The van der Waals surface area contributed by atoms with E-state index in [-0.39, 0.29) is 0 Å². The molecule has 0 saturated carbocycles. The zero-order valence-electron chi connectivity index (χ0n) is 10.7. The molecule has 0 unspecified atom stereocenters. The lowest BCUT2D eigenvalue weighted by Crippen LogP contribution is -2.46. The highest BCUT2D eigenvalue weighted by Crippen LogP contribution is 2.17. The molecule has 4 heteroatoms. The van der Waals surface area contributed by atoms with Crippen molar-refractivity contribution < 1.29 is 5.11 Å². The number of halogens is 1. The average Bonchev–Trinajstić information content (AvgIpc) is 2.41. The molecule has 1 aliphatic rings. The van der Waals surface area contributed by atoms with E-state index in [1.807, 2.05) is 18.2 Å². The molecule has 1 fully saturated rings. The van der Waals surface area contributed by atoms with E-state index in [9.17, 15) is 0 Å². The highest BCUT2D eigenvalue weighted by molar-refractivity contribution is 6.31. The largest absolute Gasteiger partial charge is 0.396 e. The van der Waals surface area contributed by atoms with Crippen LogP contribution >= 0.6 is 11.6 Å². The van der Waals surface area contributed by atoms with E-state index in [4.69, 9.17) is 16.7 Å². The second-order valence-electron chi connectivity index (χ2n) is 4.79. The van der Waals surface area contributed by atoms with E-state index in [0.29, 0.717) is 6.61 Å². The van der Waals surface area contributed by atoms with Crippen LogP contribution in [0.2, 0.25) is 5.02 Å². The summed E-state index contributed by atoms with van der Waals surface area (Å²) in [6.07, 6.45) is 0.879. The van der Waals surface area contributed by atoms with Gasteiger partial charge in [0.05, 0.1) is 0 Å². The van der Waals surface area contributed by atoms with Gasteiger partial charge in [-0.05, 0) is 18.1 Å². The molecule has 0 atom stereocenters. The van der Waals surface area contributed by atoms with Crippen LogP contribution in [0.3, 0.4) is 0 Å². The Morgan fingerprint density at radius 2 is 1.72 bits per heavy atom. The van der Waals surface area contributed by atoms with Crippen LogP contribution in [0.25, 0.3) is 0 Å². The maximum absolute atomic E-state index is 8.82. The first kappa shape index (κ1) is 13.8. The van der Waals surface area contributed by atoms with Crippen LogP contribution in [-0.4, -0.2) is 54.2 Å². The number of nitrogens with zero attached hydrogens (tertiary/aromatic N) is 2. The smallest absolute Gasteiger partial charge is 0.0451 e. The minimum Gasteiger partial charge on any atom is -0.396 e. The number of hydrogen-bond donors (Lipinski definition) is 1. The predicted octanol–water partition coefficient (Wildman–Crippen LogP) is 1.84. The molecule has 2 rings (SSSR count). The topological polar surface area (TPSA) is 26.7 Å². The second-order valence-corrected chi connectivity index (χ2v) is 5.19. The van der Waals surface area contributed by atoms with Gasteiger partial charge in [-0.25, -0.2) is 0 Å². The molecular weight excluding hydrogens is 248 g/mol. The summed E-state index contributed by atoms with van der Waals surface area (Å²) in [5.74, 6) is 0. The molecule has 100 valence electrons. The molecule has 0 amide bonds. The van der Waals surface area contributed by atoms with Crippen molar-refractivity contribution in [2.75, 3.05) is 39.3 Å². The molecule has 1 saturated heterocycles. The Bertz CT molecular complexity index is 365. The van der Waals surface area contributed by atoms with Gasteiger partial charge in [0.2, 0.25) is 0 Å². The molecule has 1 aromatic carbocycles. The van der Waals surface area contributed by atoms with Crippen LogP contribution in [-0.2, 0) is 6.54 Å². The first-order chi connectivity index (χ1) is 8.79. The fourth-order valence-corrected chi connectivity index (χ4v) is 2.53. The summed E-state index contributed by atoms with van der Waals surface area (Å²) in [7, 11) is 0. The Morgan fingerprint density at radius 3 is 2.39 bits per heavy atom. The summed E-state index contributed by atoms with van der Waals surface area (Å²) in [4.78, 5) is 4.86. The monoisotopic (exact) mass is 268 g/mol. The minimum absolute atomic E-state index is 0.292. The molecule has 1 heterocycles. The normalized spacial score (nSPS) is 18.1. The third kappa shape index (κ3) is 3.95. The Kier molecular flexibility index (Phi) is 5.45. The Hall–Kier alpha value is -0.610. The lowest BCUT2D eigenvalue weighted by molar-refractivity contribution is 0.120. The molecule has 0 aliphatic carbocycles. The minimum atomic E-state index is 0.292. The third-order valence-corrected chi connectivity index (χ3v) is 3.82. The summed E-state index contributed by atoms with van der Waals surface area (Å²) >= 11 is 6.18. The molecule has 3 nitrogen and oxygen atoms in total. The van der Waals surface area contributed by atoms with Gasteiger partial charge in [0.15, 0.2) is 0 Å². The van der Waals surface area contributed by atoms with Crippen molar-refractivity contribution in [3.63, 3.8) is 0 Å². The number of benzene rings is 1. The van der Waals surface area contributed by atoms with E-state index in [1.165, 1.54) is 5.56 Å². The first-order valence-corrected chi connectivity index (χ1v) is 6.96. The van der Waals surface area contributed by atoms with Gasteiger partial charge in [0.25, 0.3) is 0 Å². The van der Waals surface area contributed by atoms with Gasteiger partial charge in [-0.15, -0.1) is 0 Å². The Labute approximate surface area is 114 Å². The van der Waals surface area contributed by atoms with Gasteiger partial charge < -0.3 is 10.0 Å². The summed E-state index contributed by atoms with van der Waals surface area (Å²) < 4.78 is 0. The summed E-state index contributed by atoms with van der Waals surface area (Å²) in [6.45, 7) is 6.58. The highest BCUT2D eigenvalue weighted by Gasteiger charge is 2.16. The van der Waals surface area contributed by atoms with Crippen LogP contribution in [0.1, 0.15) is 12.0 Å². The highest BCUT2D eigenvalue weighted by atomic mass is 35.5. The summed E-state index contributed by atoms with van der Waals surface area (Å²) in [6, 6.07) is 8.06.